The Balaban J connectivity index is 1.79. The van der Waals surface area contributed by atoms with Crippen LogP contribution in [0.5, 0.6) is 5.75 Å². The molecule has 0 aliphatic heterocycles. The molecule has 1 aromatic heterocycles. The van der Waals surface area contributed by atoms with Gasteiger partial charge in [0.2, 0.25) is 0 Å². The second-order valence-electron chi connectivity index (χ2n) is 4.66. The summed E-state index contributed by atoms with van der Waals surface area (Å²) in [5.74, 6) is 0.272. The van der Waals surface area contributed by atoms with Crippen molar-refractivity contribution in [2.45, 2.75) is 25.0 Å². The molecule has 0 bridgehead atoms. The van der Waals surface area contributed by atoms with Gasteiger partial charge in [-0.1, -0.05) is 12.1 Å². The molecule has 3 rings (SSSR count). The van der Waals surface area contributed by atoms with Gasteiger partial charge in [0.05, 0.1) is 6.10 Å². The lowest BCUT2D eigenvalue weighted by atomic mass is 10.1. The van der Waals surface area contributed by atoms with Crippen molar-refractivity contribution in [3.8, 4) is 5.75 Å². The molecule has 1 atom stereocenters. The topological polar surface area (TPSA) is 42.4 Å². The van der Waals surface area contributed by atoms with Gasteiger partial charge in [-0.2, -0.15) is 0 Å². The standard InChI is InChI=1S/C15H14FNO2/c16-13-2-1-9-17-14(13)15(18)10-3-5-11(6-4-10)19-12-7-8-12/h1-6,9,12,15,18H,7-8H2. The normalized spacial score (nSPS) is 16.1. The first kappa shape index (κ1) is 12.1. The zero-order chi connectivity index (χ0) is 13.2. The number of nitrogens with zero attached hydrogens (tertiary/aromatic N) is 1. The van der Waals surface area contributed by atoms with E-state index in [0.717, 1.165) is 18.6 Å². The molecule has 0 spiro atoms. The van der Waals surface area contributed by atoms with E-state index in [1.165, 1.54) is 18.3 Å². The van der Waals surface area contributed by atoms with Gasteiger partial charge in [-0.05, 0) is 42.7 Å². The lowest BCUT2D eigenvalue weighted by Gasteiger charge is -2.12. The highest BCUT2D eigenvalue weighted by molar-refractivity contribution is 5.32. The zero-order valence-electron chi connectivity index (χ0n) is 10.3. The molecule has 3 nitrogen and oxygen atoms in total. The minimum absolute atomic E-state index is 0.0401. The van der Waals surface area contributed by atoms with Crippen molar-refractivity contribution in [3.05, 3.63) is 59.7 Å². The van der Waals surface area contributed by atoms with Crippen LogP contribution in [0, 0.1) is 5.82 Å². The van der Waals surface area contributed by atoms with Gasteiger partial charge >= 0.3 is 0 Å². The average molecular weight is 259 g/mol. The van der Waals surface area contributed by atoms with Crippen molar-refractivity contribution in [2.75, 3.05) is 0 Å². The summed E-state index contributed by atoms with van der Waals surface area (Å²) in [5.41, 5.74) is 0.638. The first-order valence-electron chi connectivity index (χ1n) is 6.29. The van der Waals surface area contributed by atoms with E-state index in [1.54, 1.807) is 24.3 Å². The van der Waals surface area contributed by atoms with Crippen LogP contribution in [0.3, 0.4) is 0 Å². The Kier molecular flexibility index (Phi) is 3.17. The highest BCUT2D eigenvalue weighted by atomic mass is 19.1. The number of aliphatic hydroxyl groups is 1. The van der Waals surface area contributed by atoms with Crippen LogP contribution in [-0.4, -0.2) is 16.2 Å². The molecule has 1 N–H and O–H groups in total. The SMILES string of the molecule is OC(c1ccc(OC2CC2)cc1)c1ncccc1F. The van der Waals surface area contributed by atoms with Crippen LogP contribution < -0.4 is 4.74 Å². The number of aromatic nitrogens is 1. The summed E-state index contributed by atoms with van der Waals surface area (Å²) >= 11 is 0. The van der Waals surface area contributed by atoms with Crippen molar-refractivity contribution in [2.24, 2.45) is 0 Å². The van der Waals surface area contributed by atoms with Crippen LogP contribution >= 0.6 is 0 Å². The van der Waals surface area contributed by atoms with Crippen LogP contribution in [0.2, 0.25) is 0 Å². The van der Waals surface area contributed by atoms with Crippen molar-refractivity contribution < 1.29 is 14.2 Å². The summed E-state index contributed by atoms with van der Waals surface area (Å²) in [6.07, 6.45) is 2.94. The largest absolute Gasteiger partial charge is 0.490 e. The summed E-state index contributed by atoms with van der Waals surface area (Å²) in [7, 11) is 0. The molecule has 1 aliphatic rings. The second-order valence-corrected chi connectivity index (χ2v) is 4.66. The summed E-state index contributed by atoms with van der Waals surface area (Å²) in [6, 6.07) is 9.83. The fraction of sp³-hybridized carbons (Fsp3) is 0.267. The highest BCUT2D eigenvalue weighted by Crippen LogP contribution is 2.28. The molecule has 4 heteroatoms. The third kappa shape index (κ3) is 2.74. The van der Waals surface area contributed by atoms with Gasteiger partial charge in [0, 0.05) is 6.20 Å². The Morgan fingerprint density at radius 3 is 2.58 bits per heavy atom. The fourth-order valence-electron chi connectivity index (χ4n) is 1.86. The third-order valence-corrected chi connectivity index (χ3v) is 3.07. The van der Waals surface area contributed by atoms with E-state index in [1.807, 2.05) is 0 Å². The molecule has 98 valence electrons. The van der Waals surface area contributed by atoms with Crippen LogP contribution in [0.4, 0.5) is 4.39 Å². The van der Waals surface area contributed by atoms with E-state index in [-0.39, 0.29) is 5.69 Å². The molecule has 1 aromatic carbocycles. The van der Waals surface area contributed by atoms with Gasteiger partial charge in [-0.25, -0.2) is 4.39 Å². The van der Waals surface area contributed by atoms with Crippen LogP contribution in [0.1, 0.15) is 30.2 Å². The molecule has 0 amide bonds. The fourth-order valence-corrected chi connectivity index (χ4v) is 1.86. The Hall–Kier alpha value is -1.94. The van der Waals surface area contributed by atoms with E-state index >= 15 is 0 Å². The van der Waals surface area contributed by atoms with Crippen molar-refractivity contribution in [1.82, 2.24) is 4.98 Å². The summed E-state index contributed by atoms with van der Waals surface area (Å²) in [4.78, 5) is 3.88. The summed E-state index contributed by atoms with van der Waals surface area (Å²) in [5, 5.41) is 10.1. The van der Waals surface area contributed by atoms with Gasteiger partial charge < -0.3 is 9.84 Å². The third-order valence-electron chi connectivity index (χ3n) is 3.07. The molecule has 0 saturated heterocycles. The maximum absolute atomic E-state index is 13.5. The number of halogens is 1. The number of ether oxygens (including phenoxy) is 1. The van der Waals surface area contributed by atoms with E-state index < -0.39 is 11.9 Å². The Morgan fingerprint density at radius 1 is 1.21 bits per heavy atom. The number of aliphatic hydroxyl groups excluding tert-OH is 1. The minimum Gasteiger partial charge on any atom is -0.490 e. The predicted molar refractivity (Wildman–Crippen MR) is 68.3 cm³/mol. The van der Waals surface area contributed by atoms with E-state index in [0.29, 0.717) is 11.7 Å². The Bertz CT molecular complexity index is 567. The molecule has 19 heavy (non-hydrogen) atoms. The minimum atomic E-state index is -1.06. The molecule has 0 radical (unpaired) electrons. The monoisotopic (exact) mass is 259 g/mol. The zero-order valence-corrected chi connectivity index (χ0v) is 10.3. The molecule has 1 unspecified atom stereocenters. The average Bonchev–Trinajstić information content (AvgIpc) is 3.23. The van der Waals surface area contributed by atoms with Gasteiger partial charge in [-0.15, -0.1) is 0 Å². The molecular formula is C15H14FNO2. The second kappa shape index (κ2) is 4.97. The van der Waals surface area contributed by atoms with Gasteiger partial charge in [-0.3, -0.25) is 4.98 Å². The van der Waals surface area contributed by atoms with Crippen molar-refractivity contribution in [3.63, 3.8) is 0 Å². The molecule has 1 saturated carbocycles. The summed E-state index contributed by atoms with van der Waals surface area (Å²) < 4.78 is 19.2. The molecular weight excluding hydrogens is 245 g/mol. The quantitative estimate of drug-likeness (QED) is 0.918. The molecule has 1 fully saturated rings. The number of pyridine rings is 1. The lowest BCUT2D eigenvalue weighted by molar-refractivity contribution is 0.209. The van der Waals surface area contributed by atoms with Crippen LogP contribution in [0.15, 0.2) is 42.6 Å². The number of hydrogen-bond acceptors (Lipinski definition) is 3. The number of rotatable bonds is 4. The van der Waals surface area contributed by atoms with Gasteiger partial charge in [0.1, 0.15) is 23.4 Å². The first-order valence-corrected chi connectivity index (χ1v) is 6.29. The Labute approximate surface area is 110 Å². The van der Waals surface area contributed by atoms with E-state index in [9.17, 15) is 9.50 Å². The predicted octanol–water partition coefficient (Wildman–Crippen LogP) is 2.84. The number of benzene rings is 1. The highest BCUT2D eigenvalue weighted by Gasteiger charge is 2.23. The maximum Gasteiger partial charge on any atom is 0.147 e. The van der Waals surface area contributed by atoms with Crippen LogP contribution in [0.25, 0.3) is 0 Å². The van der Waals surface area contributed by atoms with E-state index in [2.05, 4.69) is 4.98 Å². The maximum atomic E-state index is 13.5. The first-order chi connectivity index (χ1) is 9.24. The van der Waals surface area contributed by atoms with E-state index in [4.69, 9.17) is 4.74 Å². The van der Waals surface area contributed by atoms with Gasteiger partial charge in [0.25, 0.3) is 0 Å². The Morgan fingerprint density at radius 2 is 1.95 bits per heavy atom. The van der Waals surface area contributed by atoms with Gasteiger partial charge in [0.15, 0.2) is 0 Å². The molecule has 1 heterocycles. The number of hydrogen-bond donors (Lipinski definition) is 1. The molecule has 1 aliphatic carbocycles. The van der Waals surface area contributed by atoms with Crippen molar-refractivity contribution in [1.29, 1.82) is 0 Å². The smallest absolute Gasteiger partial charge is 0.147 e. The molecule has 2 aromatic rings. The van der Waals surface area contributed by atoms with Crippen molar-refractivity contribution >= 4 is 0 Å². The van der Waals surface area contributed by atoms with Crippen LogP contribution in [-0.2, 0) is 0 Å². The summed E-state index contributed by atoms with van der Waals surface area (Å²) in [6.45, 7) is 0. The lowest BCUT2D eigenvalue weighted by Crippen LogP contribution is -2.05.